The Labute approximate surface area is 156 Å². The molecule has 9 heteroatoms. The molecule has 1 aliphatic rings. The zero-order chi connectivity index (χ0) is 18.7. The molecule has 0 radical (unpaired) electrons. The van der Waals surface area contributed by atoms with Gasteiger partial charge in [-0.3, -0.25) is 0 Å². The number of aryl methyl sites for hydroxylation is 1. The van der Waals surface area contributed by atoms with E-state index < -0.39 is 6.09 Å². The zero-order valence-corrected chi connectivity index (χ0v) is 15.3. The number of hydrogen-bond acceptors (Lipinski definition) is 6. The molecule has 0 saturated carbocycles. The lowest BCUT2D eigenvalue weighted by molar-refractivity contribution is 0.0866. The number of anilines is 2. The molecule has 0 aromatic carbocycles. The van der Waals surface area contributed by atoms with Crippen LogP contribution in [0.4, 0.5) is 16.3 Å². The average Bonchev–Trinajstić information content (AvgIpc) is 2.61. The third kappa shape index (κ3) is 4.13. The second-order valence-corrected chi connectivity index (χ2v) is 6.57. The van der Waals surface area contributed by atoms with Gasteiger partial charge in [0.05, 0.1) is 17.4 Å². The number of aromatic nitrogens is 3. The summed E-state index contributed by atoms with van der Waals surface area (Å²) in [6.45, 7) is 4.73. The van der Waals surface area contributed by atoms with Crippen LogP contribution in [0.5, 0.6) is 5.88 Å². The molecule has 0 unspecified atom stereocenters. The highest BCUT2D eigenvalue weighted by molar-refractivity contribution is 6.29. The lowest BCUT2D eigenvalue weighted by atomic mass is 10.1. The van der Waals surface area contributed by atoms with E-state index in [0.29, 0.717) is 42.8 Å². The number of pyridine rings is 1. The summed E-state index contributed by atoms with van der Waals surface area (Å²) in [5.41, 5.74) is 2.53. The summed E-state index contributed by atoms with van der Waals surface area (Å²) in [6.07, 6.45) is 3.42. The lowest BCUT2D eigenvalue weighted by Crippen LogP contribution is -2.41. The van der Waals surface area contributed by atoms with Gasteiger partial charge in [0.2, 0.25) is 5.88 Å². The van der Waals surface area contributed by atoms with Crippen LogP contribution < -0.4 is 10.1 Å². The van der Waals surface area contributed by atoms with E-state index in [9.17, 15) is 4.79 Å². The Hall–Kier alpha value is -2.61. The highest BCUT2D eigenvalue weighted by Gasteiger charge is 2.24. The molecular weight excluding hydrogens is 358 g/mol. The van der Waals surface area contributed by atoms with Crippen LogP contribution in [0.2, 0.25) is 5.15 Å². The van der Waals surface area contributed by atoms with E-state index in [1.165, 1.54) is 11.2 Å². The number of halogens is 1. The molecule has 0 bridgehead atoms. The molecule has 0 aliphatic carbocycles. The van der Waals surface area contributed by atoms with Crippen molar-refractivity contribution in [2.45, 2.75) is 32.8 Å². The molecule has 1 fully saturated rings. The third-order valence-corrected chi connectivity index (χ3v) is 4.57. The number of rotatable bonds is 4. The van der Waals surface area contributed by atoms with Gasteiger partial charge in [-0.1, -0.05) is 11.6 Å². The minimum Gasteiger partial charge on any atom is -0.474 e. The number of carboxylic acid groups (broad SMARTS) is 1. The SMILES string of the molecule is Cc1cc(Cl)ncc1Nc1ncnc(OC2CCN(C(=O)O)CC2)c1C. The van der Waals surface area contributed by atoms with Crippen LogP contribution in [0.15, 0.2) is 18.6 Å². The molecule has 2 N–H and O–H groups in total. The van der Waals surface area contributed by atoms with E-state index in [1.807, 2.05) is 13.8 Å². The van der Waals surface area contributed by atoms with Gasteiger partial charge in [0, 0.05) is 25.9 Å². The number of hydrogen-bond donors (Lipinski definition) is 2. The van der Waals surface area contributed by atoms with Gasteiger partial charge in [0.25, 0.3) is 0 Å². The van der Waals surface area contributed by atoms with Crippen LogP contribution in [-0.2, 0) is 0 Å². The fraction of sp³-hybridized carbons (Fsp3) is 0.412. The van der Waals surface area contributed by atoms with Crippen LogP contribution in [0, 0.1) is 13.8 Å². The largest absolute Gasteiger partial charge is 0.474 e. The summed E-state index contributed by atoms with van der Waals surface area (Å²) in [5.74, 6) is 1.13. The Kier molecular flexibility index (Phi) is 5.41. The number of nitrogens with zero attached hydrogens (tertiary/aromatic N) is 4. The van der Waals surface area contributed by atoms with E-state index in [2.05, 4.69) is 20.3 Å². The average molecular weight is 378 g/mol. The molecule has 138 valence electrons. The van der Waals surface area contributed by atoms with Gasteiger partial charge in [-0.25, -0.2) is 19.7 Å². The molecule has 1 amide bonds. The highest BCUT2D eigenvalue weighted by atomic mass is 35.5. The van der Waals surface area contributed by atoms with Crippen molar-refractivity contribution in [3.8, 4) is 5.88 Å². The second-order valence-electron chi connectivity index (χ2n) is 6.19. The van der Waals surface area contributed by atoms with Crippen molar-refractivity contribution in [3.63, 3.8) is 0 Å². The maximum atomic E-state index is 11.0. The van der Waals surface area contributed by atoms with Gasteiger partial charge in [-0.15, -0.1) is 0 Å². The second kappa shape index (κ2) is 7.74. The van der Waals surface area contributed by atoms with E-state index in [1.54, 1.807) is 12.3 Å². The quantitative estimate of drug-likeness (QED) is 0.787. The summed E-state index contributed by atoms with van der Waals surface area (Å²) >= 11 is 5.89. The maximum absolute atomic E-state index is 11.0. The first-order valence-corrected chi connectivity index (χ1v) is 8.67. The monoisotopic (exact) mass is 377 g/mol. The molecule has 2 aromatic heterocycles. The number of amides is 1. The summed E-state index contributed by atoms with van der Waals surface area (Å²) in [4.78, 5) is 25.0. The van der Waals surface area contributed by atoms with Crippen molar-refractivity contribution in [2.75, 3.05) is 18.4 Å². The first kappa shape index (κ1) is 18.2. The minimum absolute atomic E-state index is 0.0639. The van der Waals surface area contributed by atoms with Crippen molar-refractivity contribution in [1.29, 1.82) is 0 Å². The molecule has 1 aliphatic heterocycles. The molecule has 1 saturated heterocycles. The van der Waals surface area contributed by atoms with Gasteiger partial charge in [0.1, 0.15) is 23.4 Å². The van der Waals surface area contributed by atoms with E-state index in [4.69, 9.17) is 21.4 Å². The van der Waals surface area contributed by atoms with E-state index in [0.717, 1.165) is 16.8 Å². The Morgan fingerprint density at radius 3 is 2.69 bits per heavy atom. The summed E-state index contributed by atoms with van der Waals surface area (Å²) < 4.78 is 5.99. The normalized spacial score (nSPS) is 15.0. The van der Waals surface area contributed by atoms with Gasteiger partial charge in [-0.2, -0.15) is 0 Å². The molecule has 3 rings (SSSR count). The smallest absolute Gasteiger partial charge is 0.407 e. The number of likely N-dealkylation sites (tertiary alicyclic amines) is 1. The summed E-state index contributed by atoms with van der Waals surface area (Å²) in [6, 6.07) is 1.77. The van der Waals surface area contributed by atoms with Crippen molar-refractivity contribution in [1.82, 2.24) is 19.9 Å². The van der Waals surface area contributed by atoms with Crippen molar-refractivity contribution < 1.29 is 14.6 Å². The summed E-state index contributed by atoms with van der Waals surface area (Å²) in [5, 5.41) is 12.7. The fourth-order valence-electron chi connectivity index (χ4n) is 2.78. The predicted molar refractivity (Wildman–Crippen MR) is 97.3 cm³/mol. The number of carbonyl (C=O) groups is 1. The van der Waals surface area contributed by atoms with Crippen LogP contribution in [0.3, 0.4) is 0 Å². The zero-order valence-electron chi connectivity index (χ0n) is 14.6. The third-order valence-electron chi connectivity index (χ3n) is 4.36. The lowest BCUT2D eigenvalue weighted by Gasteiger charge is -2.30. The van der Waals surface area contributed by atoms with Crippen LogP contribution >= 0.6 is 11.6 Å². The van der Waals surface area contributed by atoms with Gasteiger partial charge >= 0.3 is 6.09 Å². The number of nitrogens with one attached hydrogen (secondary N) is 1. The van der Waals surface area contributed by atoms with Gasteiger partial charge < -0.3 is 20.1 Å². The molecular formula is C17H20ClN5O3. The first-order valence-electron chi connectivity index (χ1n) is 8.29. The van der Waals surface area contributed by atoms with Crippen molar-refractivity contribution in [2.24, 2.45) is 0 Å². The van der Waals surface area contributed by atoms with Gasteiger partial charge in [-0.05, 0) is 25.5 Å². The summed E-state index contributed by atoms with van der Waals surface area (Å²) in [7, 11) is 0. The molecule has 0 spiro atoms. The number of piperidine rings is 1. The Morgan fingerprint density at radius 1 is 1.31 bits per heavy atom. The van der Waals surface area contributed by atoms with Crippen LogP contribution in [0.25, 0.3) is 0 Å². The molecule has 2 aromatic rings. The van der Waals surface area contributed by atoms with E-state index >= 15 is 0 Å². The Balaban J connectivity index is 1.70. The minimum atomic E-state index is -0.889. The van der Waals surface area contributed by atoms with Crippen LogP contribution in [-0.4, -0.2) is 50.2 Å². The van der Waals surface area contributed by atoms with E-state index in [-0.39, 0.29) is 6.10 Å². The first-order chi connectivity index (χ1) is 12.4. The highest BCUT2D eigenvalue weighted by Crippen LogP contribution is 2.27. The molecule has 26 heavy (non-hydrogen) atoms. The maximum Gasteiger partial charge on any atom is 0.407 e. The number of ether oxygens (including phenoxy) is 1. The molecule has 0 atom stereocenters. The fourth-order valence-corrected chi connectivity index (χ4v) is 2.99. The van der Waals surface area contributed by atoms with Gasteiger partial charge in [0.15, 0.2) is 0 Å². The standard InChI is InChI=1S/C17H20ClN5O3/c1-10-7-14(18)19-8-13(10)22-15-11(2)16(21-9-20-15)26-12-3-5-23(6-4-12)17(24)25/h7-9,12H,3-6H2,1-2H3,(H,24,25)(H,20,21,22). The predicted octanol–water partition coefficient (Wildman–Crippen LogP) is 3.41. The van der Waals surface area contributed by atoms with Crippen molar-refractivity contribution >= 4 is 29.2 Å². The van der Waals surface area contributed by atoms with Crippen molar-refractivity contribution in [3.05, 3.63) is 34.9 Å². The molecule has 3 heterocycles. The molecule has 8 nitrogen and oxygen atoms in total. The Bertz CT molecular complexity index is 809. The Morgan fingerprint density at radius 2 is 2.04 bits per heavy atom. The van der Waals surface area contributed by atoms with Crippen LogP contribution in [0.1, 0.15) is 24.0 Å². The topological polar surface area (TPSA) is 100 Å².